The number of rotatable bonds is 6. The van der Waals surface area contributed by atoms with Gasteiger partial charge in [-0.2, -0.15) is 0 Å². The molecule has 0 aromatic heterocycles. The van der Waals surface area contributed by atoms with Gasteiger partial charge in [0.25, 0.3) is 0 Å². The van der Waals surface area contributed by atoms with Crippen LogP contribution in [0.25, 0.3) is 0 Å². The fraction of sp³-hybridized carbons (Fsp3) is 0.400. The van der Waals surface area contributed by atoms with E-state index in [1.165, 1.54) is 5.56 Å². The Balaban J connectivity index is 1.44. The van der Waals surface area contributed by atoms with Crippen LogP contribution in [0.1, 0.15) is 31.3 Å². The summed E-state index contributed by atoms with van der Waals surface area (Å²) in [5.74, 6) is 1.67. The highest BCUT2D eigenvalue weighted by atomic mass is 16.7. The van der Waals surface area contributed by atoms with Crippen LogP contribution in [0.2, 0.25) is 0 Å². The topological polar surface area (TPSA) is 36.9 Å². The first-order valence-electron chi connectivity index (χ1n) is 8.35. The molecule has 1 aliphatic rings. The van der Waals surface area contributed by atoms with Crippen LogP contribution in [0, 0.1) is 6.92 Å². The van der Waals surface area contributed by atoms with Gasteiger partial charge in [-0.05, 0) is 45.0 Å². The molecule has 2 aromatic carbocycles. The quantitative estimate of drug-likeness (QED) is 0.742. The highest BCUT2D eigenvalue weighted by molar-refractivity contribution is 5.28. The average molecular weight is 328 g/mol. The molecule has 0 saturated carbocycles. The fourth-order valence-corrected chi connectivity index (χ4v) is 2.48. The van der Waals surface area contributed by atoms with E-state index < -0.39 is 0 Å². The van der Waals surface area contributed by atoms with Gasteiger partial charge in [-0.1, -0.05) is 29.8 Å². The summed E-state index contributed by atoms with van der Waals surface area (Å²) in [4.78, 5) is 0. The molecule has 2 aromatic rings. The molecular formula is C20H24O4. The van der Waals surface area contributed by atoms with Crippen LogP contribution in [-0.4, -0.2) is 25.4 Å². The second-order valence-corrected chi connectivity index (χ2v) is 6.09. The van der Waals surface area contributed by atoms with E-state index in [1.807, 2.05) is 62.4 Å². The lowest BCUT2D eigenvalue weighted by Crippen LogP contribution is -2.13. The molecule has 2 unspecified atom stereocenters. The van der Waals surface area contributed by atoms with Crippen molar-refractivity contribution < 1.29 is 18.9 Å². The van der Waals surface area contributed by atoms with Crippen molar-refractivity contribution in [2.45, 2.75) is 39.3 Å². The monoisotopic (exact) mass is 328 g/mol. The Bertz CT molecular complexity index is 626. The first kappa shape index (κ1) is 16.8. The highest BCUT2D eigenvalue weighted by Crippen LogP contribution is 2.31. The van der Waals surface area contributed by atoms with Gasteiger partial charge in [0.2, 0.25) is 0 Å². The molecule has 24 heavy (non-hydrogen) atoms. The first-order chi connectivity index (χ1) is 11.6. The van der Waals surface area contributed by atoms with Crippen LogP contribution >= 0.6 is 0 Å². The van der Waals surface area contributed by atoms with E-state index >= 15 is 0 Å². The zero-order valence-electron chi connectivity index (χ0n) is 14.4. The predicted molar refractivity (Wildman–Crippen MR) is 92.4 cm³/mol. The summed E-state index contributed by atoms with van der Waals surface area (Å²) >= 11 is 0. The Morgan fingerprint density at radius 1 is 0.750 bits per heavy atom. The number of benzene rings is 2. The summed E-state index contributed by atoms with van der Waals surface area (Å²) in [6, 6.07) is 15.8. The minimum absolute atomic E-state index is 0.116. The normalized spacial score (nSPS) is 23.2. The molecule has 2 atom stereocenters. The smallest absolute Gasteiger partial charge is 0.184 e. The van der Waals surface area contributed by atoms with Gasteiger partial charge in [-0.3, -0.25) is 0 Å². The molecular weight excluding hydrogens is 304 g/mol. The molecule has 0 amide bonds. The summed E-state index contributed by atoms with van der Waals surface area (Å²) in [7, 11) is 0. The molecule has 128 valence electrons. The van der Waals surface area contributed by atoms with E-state index in [9.17, 15) is 0 Å². The lowest BCUT2D eigenvalue weighted by Gasteiger charge is -2.12. The van der Waals surface area contributed by atoms with Gasteiger partial charge in [0.15, 0.2) is 6.29 Å². The van der Waals surface area contributed by atoms with Crippen LogP contribution < -0.4 is 9.47 Å². The molecule has 0 radical (unpaired) electrons. The Kier molecular flexibility index (Phi) is 5.38. The molecule has 0 aliphatic carbocycles. The summed E-state index contributed by atoms with van der Waals surface area (Å²) in [5.41, 5.74) is 2.23. The Hall–Kier alpha value is -2.04. The Morgan fingerprint density at radius 2 is 1.21 bits per heavy atom. The van der Waals surface area contributed by atoms with E-state index in [-0.39, 0.29) is 18.5 Å². The molecule has 1 fully saturated rings. The third-order valence-corrected chi connectivity index (χ3v) is 4.13. The molecule has 0 spiro atoms. The molecule has 0 N–H and O–H groups in total. The third kappa shape index (κ3) is 4.28. The van der Waals surface area contributed by atoms with Crippen molar-refractivity contribution in [1.82, 2.24) is 0 Å². The summed E-state index contributed by atoms with van der Waals surface area (Å²) < 4.78 is 22.9. The fourth-order valence-electron chi connectivity index (χ4n) is 2.48. The van der Waals surface area contributed by atoms with Crippen LogP contribution in [0.5, 0.6) is 11.5 Å². The molecule has 1 heterocycles. The van der Waals surface area contributed by atoms with Gasteiger partial charge in [0.05, 0.1) is 12.2 Å². The number of aryl methyl sites for hydroxylation is 1. The predicted octanol–water partition coefficient (Wildman–Crippen LogP) is 4.28. The summed E-state index contributed by atoms with van der Waals surface area (Å²) in [6.45, 7) is 7.11. The lowest BCUT2D eigenvalue weighted by molar-refractivity contribution is -0.0653. The van der Waals surface area contributed by atoms with Gasteiger partial charge < -0.3 is 18.9 Å². The van der Waals surface area contributed by atoms with E-state index in [0.29, 0.717) is 13.2 Å². The van der Waals surface area contributed by atoms with Gasteiger partial charge in [-0.15, -0.1) is 0 Å². The molecule has 4 nitrogen and oxygen atoms in total. The highest BCUT2D eigenvalue weighted by Gasteiger charge is 2.30. The molecule has 4 heteroatoms. The van der Waals surface area contributed by atoms with E-state index in [1.54, 1.807) is 0 Å². The van der Waals surface area contributed by atoms with Crippen LogP contribution in [-0.2, 0) is 9.47 Å². The number of hydrogen-bond acceptors (Lipinski definition) is 4. The van der Waals surface area contributed by atoms with Crippen molar-refractivity contribution in [2.24, 2.45) is 0 Å². The van der Waals surface area contributed by atoms with Crippen molar-refractivity contribution >= 4 is 0 Å². The van der Waals surface area contributed by atoms with Crippen molar-refractivity contribution in [1.29, 1.82) is 0 Å². The lowest BCUT2D eigenvalue weighted by atomic mass is 10.2. The second-order valence-electron chi connectivity index (χ2n) is 6.09. The Labute approximate surface area is 143 Å². The zero-order chi connectivity index (χ0) is 16.9. The number of hydrogen-bond donors (Lipinski definition) is 0. The third-order valence-electron chi connectivity index (χ3n) is 4.13. The van der Waals surface area contributed by atoms with E-state index in [4.69, 9.17) is 18.9 Å². The SMILES string of the molecule is Cc1ccc(OCCOc2ccc(C3OC(C)C(C)O3)cc2)cc1. The van der Waals surface area contributed by atoms with Crippen LogP contribution in [0.15, 0.2) is 48.5 Å². The van der Waals surface area contributed by atoms with Crippen molar-refractivity contribution in [3.05, 3.63) is 59.7 Å². The van der Waals surface area contributed by atoms with Gasteiger partial charge in [0.1, 0.15) is 24.7 Å². The summed E-state index contributed by atoms with van der Waals surface area (Å²) in [6.07, 6.45) is -0.0522. The first-order valence-corrected chi connectivity index (χ1v) is 8.35. The van der Waals surface area contributed by atoms with Gasteiger partial charge in [-0.25, -0.2) is 0 Å². The van der Waals surface area contributed by atoms with E-state index in [0.717, 1.165) is 17.1 Å². The molecule has 0 bridgehead atoms. The van der Waals surface area contributed by atoms with Crippen LogP contribution in [0.3, 0.4) is 0 Å². The average Bonchev–Trinajstić information content (AvgIpc) is 2.93. The maximum atomic E-state index is 5.77. The van der Waals surface area contributed by atoms with Gasteiger partial charge >= 0.3 is 0 Å². The maximum absolute atomic E-state index is 5.77. The van der Waals surface area contributed by atoms with Crippen molar-refractivity contribution in [3.8, 4) is 11.5 Å². The minimum Gasteiger partial charge on any atom is -0.490 e. The van der Waals surface area contributed by atoms with Crippen molar-refractivity contribution in [3.63, 3.8) is 0 Å². The Morgan fingerprint density at radius 3 is 1.71 bits per heavy atom. The molecule has 1 saturated heterocycles. The van der Waals surface area contributed by atoms with E-state index in [2.05, 4.69) is 6.92 Å². The zero-order valence-corrected chi connectivity index (χ0v) is 14.4. The number of ether oxygens (including phenoxy) is 4. The molecule has 1 aliphatic heterocycles. The minimum atomic E-state index is -0.283. The van der Waals surface area contributed by atoms with Gasteiger partial charge in [0, 0.05) is 5.56 Å². The van der Waals surface area contributed by atoms with Crippen molar-refractivity contribution in [2.75, 3.05) is 13.2 Å². The largest absolute Gasteiger partial charge is 0.490 e. The van der Waals surface area contributed by atoms with Crippen LogP contribution in [0.4, 0.5) is 0 Å². The summed E-state index contributed by atoms with van der Waals surface area (Å²) in [5, 5.41) is 0. The second kappa shape index (κ2) is 7.69. The standard InChI is InChI=1S/C20H24O4/c1-14-4-8-18(9-5-14)21-12-13-22-19-10-6-17(7-11-19)20-23-15(2)16(3)24-20/h4-11,15-16,20H,12-13H2,1-3H3. The molecule has 3 rings (SSSR count). The maximum Gasteiger partial charge on any atom is 0.184 e.